The van der Waals surface area contributed by atoms with Gasteiger partial charge in [-0.2, -0.15) is 0 Å². The van der Waals surface area contributed by atoms with Crippen LogP contribution < -0.4 is 16.4 Å². The number of nitrogens with one attached hydrogen (secondary N) is 3. The molecule has 192 valence electrons. The average Bonchev–Trinajstić information content (AvgIpc) is 3.28. The van der Waals surface area contributed by atoms with Crippen molar-refractivity contribution in [2.24, 2.45) is 5.73 Å². The number of hydrogen-bond acceptors (Lipinski definition) is 4. The van der Waals surface area contributed by atoms with Gasteiger partial charge in [-0.05, 0) is 60.0 Å². The van der Waals surface area contributed by atoms with Crippen molar-refractivity contribution in [3.8, 4) is 11.1 Å². The van der Waals surface area contributed by atoms with E-state index in [9.17, 15) is 19.1 Å². The van der Waals surface area contributed by atoms with Crippen LogP contribution in [0.25, 0.3) is 32.9 Å². The van der Waals surface area contributed by atoms with Crippen LogP contribution in [-0.4, -0.2) is 21.9 Å². The molecule has 1 unspecified atom stereocenters. The lowest BCUT2D eigenvalue weighted by Crippen LogP contribution is -2.12. The molecule has 8 heteroatoms. The highest BCUT2D eigenvalue weighted by Crippen LogP contribution is 2.40. The molecule has 0 saturated heterocycles. The van der Waals surface area contributed by atoms with E-state index in [0.29, 0.717) is 34.4 Å². The first-order valence-corrected chi connectivity index (χ1v) is 12.2. The Hall–Kier alpha value is -4.69. The third-order valence-corrected chi connectivity index (χ3v) is 6.73. The Balaban J connectivity index is 1.63. The summed E-state index contributed by atoms with van der Waals surface area (Å²) < 4.78 is 13.3. The van der Waals surface area contributed by atoms with Crippen LogP contribution in [0.15, 0.2) is 72.8 Å². The van der Waals surface area contributed by atoms with Crippen molar-refractivity contribution in [3.63, 3.8) is 0 Å². The minimum absolute atomic E-state index is 0.0956. The second kappa shape index (κ2) is 9.99. The molecule has 0 aliphatic rings. The lowest BCUT2D eigenvalue weighted by Gasteiger charge is -2.19. The minimum Gasteiger partial charge on any atom is -0.369 e. The molecule has 6 N–H and O–H groups in total. The van der Waals surface area contributed by atoms with Gasteiger partial charge in [-0.3, -0.25) is 9.59 Å². The Bertz CT molecular complexity index is 1690. The number of carbonyl (C=O) groups excluding carboxylic acids is 2. The number of H-pyrrole nitrogens is 1. The van der Waals surface area contributed by atoms with Gasteiger partial charge in [-0.25, -0.2) is 4.39 Å². The van der Waals surface area contributed by atoms with Gasteiger partial charge in [0, 0.05) is 39.6 Å². The maximum absolute atomic E-state index is 13.3. The third kappa shape index (κ3) is 4.57. The van der Waals surface area contributed by atoms with Gasteiger partial charge in [-0.1, -0.05) is 43.3 Å². The van der Waals surface area contributed by atoms with Crippen molar-refractivity contribution < 1.29 is 19.1 Å². The predicted molar refractivity (Wildman–Crippen MR) is 148 cm³/mol. The number of amides is 2. The Morgan fingerprint density at radius 3 is 2.50 bits per heavy atom. The summed E-state index contributed by atoms with van der Waals surface area (Å²) in [7, 11) is 0. The van der Waals surface area contributed by atoms with Crippen LogP contribution >= 0.6 is 0 Å². The summed E-state index contributed by atoms with van der Waals surface area (Å²) in [4.78, 5) is 27.5. The third-order valence-electron chi connectivity index (χ3n) is 6.73. The Labute approximate surface area is 218 Å². The number of aromatic amines is 1. The highest BCUT2D eigenvalue weighted by atomic mass is 19.1. The molecule has 0 spiro atoms. The van der Waals surface area contributed by atoms with Crippen molar-refractivity contribution in [3.05, 3.63) is 95.3 Å². The van der Waals surface area contributed by atoms with E-state index in [4.69, 9.17) is 5.73 Å². The van der Waals surface area contributed by atoms with Gasteiger partial charge in [0.25, 0.3) is 5.91 Å². The monoisotopic (exact) mass is 510 g/mol. The van der Waals surface area contributed by atoms with E-state index in [0.717, 1.165) is 33.0 Å². The minimum atomic E-state index is -1.04. The van der Waals surface area contributed by atoms with E-state index >= 15 is 0 Å². The van der Waals surface area contributed by atoms with Crippen LogP contribution in [0.4, 0.5) is 15.8 Å². The van der Waals surface area contributed by atoms with Crippen LogP contribution in [0, 0.1) is 12.7 Å². The first kappa shape index (κ1) is 25.0. The number of aliphatic hydroxyl groups is 1. The van der Waals surface area contributed by atoms with Gasteiger partial charge in [0.1, 0.15) is 5.82 Å². The predicted octanol–water partition coefficient (Wildman–Crippen LogP) is 5.99. The number of aliphatic hydroxyl groups excluding tert-OH is 1. The molecule has 1 heterocycles. The normalized spacial score (nSPS) is 12.0. The van der Waals surface area contributed by atoms with Gasteiger partial charge in [0.15, 0.2) is 6.23 Å². The van der Waals surface area contributed by atoms with Gasteiger partial charge in [0.05, 0.1) is 11.1 Å². The number of carbonyl (C=O) groups is 2. The van der Waals surface area contributed by atoms with Crippen LogP contribution in [0.3, 0.4) is 0 Å². The molecule has 4 aromatic carbocycles. The number of fused-ring (bicyclic) bond motifs is 3. The van der Waals surface area contributed by atoms with Crippen molar-refractivity contribution in [1.29, 1.82) is 0 Å². The van der Waals surface area contributed by atoms with E-state index in [1.54, 1.807) is 13.0 Å². The standard InChI is InChI=1S/C30H27FN4O3/c1-3-26(36)33-19-11-12-22-25(15-19)34-28-23(29(32)37)14-13-21(27(22)28)20-5-4-6-24(16(20)2)35-30(38)17-7-9-18(31)10-8-17/h4-15,30,34-35,38H,3H2,1-2H3,(H2,32,37)(H,33,36). The maximum atomic E-state index is 13.3. The van der Waals surface area contributed by atoms with Gasteiger partial charge in [-0.15, -0.1) is 0 Å². The molecule has 5 rings (SSSR count). The van der Waals surface area contributed by atoms with Crippen molar-refractivity contribution >= 4 is 45.0 Å². The maximum Gasteiger partial charge on any atom is 0.250 e. The number of anilines is 2. The average molecular weight is 511 g/mol. The summed E-state index contributed by atoms with van der Waals surface area (Å²) in [6.07, 6.45) is -0.674. The molecule has 2 amide bonds. The summed E-state index contributed by atoms with van der Waals surface area (Å²) in [5.41, 5.74) is 12.0. The number of hydrogen-bond donors (Lipinski definition) is 5. The zero-order valence-corrected chi connectivity index (χ0v) is 20.9. The Kier molecular flexibility index (Phi) is 6.57. The summed E-state index contributed by atoms with van der Waals surface area (Å²) in [5.74, 6) is -1.02. The van der Waals surface area contributed by atoms with Gasteiger partial charge >= 0.3 is 0 Å². The topological polar surface area (TPSA) is 120 Å². The molecule has 1 atom stereocenters. The Morgan fingerprint density at radius 2 is 1.79 bits per heavy atom. The second-order valence-corrected chi connectivity index (χ2v) is 9.14. The highest BCUT2D eigenvalue weighted by Gasteiger charge is 2.19. The van der Waals surface area contributed by atoms with E-state index < -0.39 is 12.1 Å². The summed E-state index contributed by atoms with van der Waals surface area (Å²) in [6, 6.07) is 20.5. The Morgan fingerprint density at radius 1 is 1.03 bits per heavy atom. The molecule has 0 aliphatic carbocycles. The van der Waals surface area contributed by atoms with E-state index in [-0.39, 0.29) is 11.7 Å². The number of rotatable bonds is 7. The SMILES string of the molecule is CCC(=O)Nc1ccc2c(c1)[nH]c1c(C(N)=O)ccc(-c3cccc(NC(O)c4ccc(F)cc4)c3C)c12. The van der Waals surface area contributed by atoms with Crippen LogP contribution in [0.1, 0.15) is 41.1 Å². The molecule has 0 bridgehead atoms. The molecular weight excluding hydrogens is 483 g/mol. The zero-order valence-electron chi connectivity index (χ0n) is 20.9. The lowest BCUT2D eigenvalue weighted by molar-refractivity contribution is -0.115. The smallest absolute Gasteiger partial charge is 0.250 e. The van der Waals surface area contributed by atoms with Crippen molar-refractivity contribution in [2.45, 2.75) is 26.5 Å². The largest absolute Gasteiger partial charge is 0.369 e. The van der Waals surface area contributed by atoms with Crippen LogP contribution in [-0.2, 0) is 4.79 Å². The van der Waals surface area contributed by atoms with Crippen LogP contribution in [0.5, 0.6) is 0 Å². The fourth-order valence-electron chi connectivity index (χ4n) is 4.73. The molecule has 0 radical (unpaired) electrons. The fraction of sp³-hybridized carbons (Fsp3) is 0.133. The molecule has 0 fully saturated rings. The number of nitrogens with two attached hydrogens (primary N) is 1. The molecule has 0 saturated carbocycles. The number of benzene rings is 4. The highest BCUT2D eigenvalue weighted by molar-refractivity contribution is 6.20. The fourth-order valence-corrected chi connectivity index (χ4v) is 4.73. The van der Waals surface area contributed by atoms with Gasteiger partial charge in [0.2, 0.25) is 5.91 Å². The zero-order chi connectivity index (χ0) is 27.0. The second-order valence-electron chi connectivity index (χ2n) is 9.14. The number of aromatic nitrogens is 1. The molecule has 7 nitrogen and oxygen atoms in total. The molecular formula is C30H27FN4O3. The van der Waals surface area contributed by atoms with E-state index in [1.165, 1.54) is 24.3 Å². The van der Waals surface area contributed by atoms with E-state index in [1.807, 2.05) is 49.4 Å². The quantitative estimate of drug-likeness (QED) is 0.173. The lowest BCUT2D eigenvalue weighted by atomic mass is 9.93. The van der Waals surface area contributed by atoms with E-state index in [2.05, 4.69) is 15.6 Å². The number of halogens is 1. The molecule has 1 aromatic heterocycles. The molecule has 38 heavy (non-hydrogen) atoms. The number of primary amides is 1. The first-order valence-electron chi connectivity index (χ1n) is 12.2. The summed E-state index contributed by atoms with van der Waals surface area (Å²) >= 11 is 0. The summed E-state index contributed by atoms with van der Waals surface area (Å²) in [5, 5.41) is 18.4. The molecule has 0 aliphatic heterocycles. The van der Waals surface area contributed by atoms with Crippen molar-refractivity contribution in [1.82, 2.24) is 4.98 Å². The first-order chi connectivity index (χ1) is 18.3. The van der Waals surface area contributed by atoms with Gasteiger partial charge < -0.3 is 26.5 Å². The van der Waals surface area contributed by atoms with Crippen molar-refractivity contribution in [2.75, 3.05) is 10.6 Å². The molecule has 5 aromatic rings. The van der Waals surface area contributed by atoms with Crippen LogP contribution in [0.2, 0.25) is 0 Å². The summed E-state index contributed by atoms with van der Waals surface area (Å²) in [6.45, 7) is 3.72.